The minimum absolute atomic E-state index is 0.0855. The molecule has 1 aromatic rings. The summed E-state index contributed by atoms with van der Waals surface area (Å²) in [6.45, 7) is 4.67. The second-order valence-corrected chi connectivity index (χ2v) is 8.39. The fourth-order valence-corrected chi connectivity index (χ4v) is 4.28. The van der Waals surface area contributed by atoms with Crippen LogP contribution in [0.25, 0.3) is 0 Å². The van der Waals surface area contributed by atoms with Gasteiger partial charge in [-0.3, -0.25) is 0 Å². The molecule has 0 aromatic heterocycles. The molecule has 0 spiro atoms. The van der Waals surface area contributed by atoms with Gasteiger partial charge < -0.3 is 18.9 Å². The monoisotopic (exact) mass is 390 g/mol. The Morgan fingerprint density at radius 1 is 0.857 bits per heavy atom. The molecule has 2 aliphatic heterocycles. The summed E-state index contributed by atoms with van der Waals surface area (Å²) in [5, 5.41) is 0. The zero-order valence-electron chi connectivity index (χ0n) is 17.7. The van der Waals surface area contributed by atoms with Crippen LogP contribution >= 0.6 is 0 Å². The first-order valence-electron chi connectivity index (χ1n) is 11.3. The first-order valence-corrected chi connectivity index (χ1v) is 11.3. The van der Waals surface area contributed by atoms with Crippen molar-refractivity contribution in [1.82, 2.24) is 0 Å². The minimum atomic E-state index is -0.0855. The van der Waals surface area contributed by atoms with Crippen LogP contribution in [0.5, 0.6) is 5.75 Å². The van der Waals surface area contributed by atoms with Crippen LogP contribution < -0.4 is 4.74 Å². The molecule has 0 aliphatic carbocycles. The van der Waals surface area contributed by atoms with Crippen LogP contribution in [0.1, 0.15) is 76.4 Å². The summed E-state index contributed by atoms with van der Waals surface area (Å²) in [6, 6.07) is 8.21. The van der Waals surface area contributed by atoms with Crippen molar-refractivity contribution >= 4 is 0 Å². The van der Waals surface area contributed by atoms with Crippen molar-refractivity contribution in [3.05, 3.63) is 29.8 Å². The average Bonchev–Trinajstić information content (AvgIpc) is 2.77. The fourth-order valence-electron chi connectivity index (χ4n) is 4.28. The maximum Gasteiger partial charge on any atom is 0.162 e. The van der Waals surface area contributed by atoms with Crippen molar-refractivity contribution in [2.24, 2.45) is 11.8 Å². The highest BCUT2D eigenvalue weighted by Crippen LogP contribution is 2.35. The molecule has 4 nitrogen and oxygen atoms in total. The van der Waals surface area contributed by atoms with E-state index in [2.05, 4.69) is 19.1 Å². The number of methoxy groups -OCH3 is 1. The van der Waals surface area contributed by atoms with E-state index in [9.17, 15) is 0 Å². The van der Waals surface area contributed by atoms with Gasteiger partial charge in [-0.05, 0) is 37.0 Å². The van der Waals surface area contributed by atoms with Gasteiger partial charge in [-0.2, -0.15) is 0 Å². The van der Waals surface area contributed by atoms with Gasteiger partial charge >= 0.3 is 0 Å². The van der Waals surface area contributed by atoms with Crippen LogP contribution in [-0.2, 0) is 14.2 Å². The van der Waals surface area contributed by atoms with E-state index >= 15 is 0 Å². The van der Waals surface area contributed by atoms with Crippen LogP contribution in [0, 0.1) is 11.8 Å². The highest BCUT2D eigenvalue weighted by Gasteiger charge is 2.33. The third-order valence-corrected chi connectivity index (χ3v) is 6.14. The Morgan fingerprint density at radius 3 is 2.21 bits per heavy atom. The third kappa shape index (κ3) is 6.47. The molecule has 2 atom stereocenters. The molecule has 2 saturated heterocycles. The Kier molecular flexibility index (Phi) is 9.10. The molecule has 158 valence electrons. The first kappa shape index (κ1) is 21.6. The third-order valence-electron chi connectivity index (χ3n) is 6.14. The molecule has 2 aliphatic rings. The Labute approximate surface area is 170 Å². The summed E-state index contributed by atoms with van der Waals surface area (Å²) in [6.07, 6.45) is 11.5. The van der Waals surface area contributed by atoms with E-state index < -0.39 is 0 Å². The molecule has 2 unspecified atom stereocenters. The normalized spacial score (nSPS) is 28.2. The van der Waals surface area contributed by atoms with Crippen LogP contribution in [0.2, 0.25) is 0 Å². The van der Waals surface area contributed by atoms with Crippen LogP contribution in [0.4, 0.5) is 0 Å². The molecule has 0 amide bonds. The van der Waals surface area contributed by atoms with E-state index in [0.717, 1.165) is 31.8 Å². The van der Waals surface area contributed by atoms with Gasteiger partial charge in [0.25, 0.3) is 0 Å². The lowest BCUT2D eigenvalue weighted by molar-refractivity contribution is -0.242. The maximum absolute atomic E-state index is 6.14. The topological polar surface area (TPSA) is 36.9 Å². The smallest absolute Gasteiger partial charge is 0.162 e. The van der Waals surface area contributed by atoms with Gasteiger partial charge in [0.05, 0.1) is 33.0 Å². The first-order chi connectivity index (χ1) is 13.8. The molecule has 2 fully saturated rings. The molecule has 0 N–H and O–H groups in total. The summed E-state index contributed by atoms with van der Waals surface area (Å²) in [7, 11) is 1.69. The van der Waals surface area contributed by atoms with E-state index in [1.54, 1.807) is 7.11 Å². The lowest BCUT2D eigenvalue weighted by Gasteiger charge is -2.37. The van der Waals surface area contributed by atoms with Crippen LogP contribution in [0.3, 0.4) is 0 Å². The summed E-state index contributed by atoms with van der Waals surface area (Å²) in [5.74, 6) is 1.81. The van der Waals surface area contributed by atoms with Gasteiger partial charge in [-0.15, -0.1) is 0 Å². The molecule has 1 aromatic carbocycles. The molecule has 4 heteroatoms. The van der Waals surface area contributed by atoms with Crippen molar-refractivity contribution in [2.75, 3.05) is 26.9 Å². The van der Waals surface area contributed by atoms with Gasteiger partial charge in [0.2, 0.25) is 0 Å². The molecular formula is C24H38O4. The predicted octanol–water partition coefficient (Wildman–Crippen LogP) is 5.90. The fraction of sp³-hybridized carbons (Fsp3) is 0.750. The second-order valence-electron chi connectivity index (χ2n) is 8.39. The standard InChI is InChI=1S/C24H38O4/c1-3-4-5-6-7-8-9-19-16-27-24(28-17-19)21-12-15-23(26-18-21)20-10-13-22(25-2)14-11-20/h10-11,13-14,19,21,23-24H,3-9,12,15-18H2,1-2H3. The highest BCUT2D eigenvalue weighted by atomic mass is 16.7. The Hall–Kier alpha value is -1.10. The van der Waals surface area contributed by atoms with Crippen LogP contribution in [-0.4, -0.2) is 33.2 Å². The Bertz CT molecular complexity index is 528. The summed E-state index contributed by atoms with van der Waals surface area (Å²) in [4.78, 5) is 0. The van der Waals surface area contributed by atoms with Crippen molar-refractivity contribution in [3.8, 4) is 5.75 Å². The van der Waals surface area contributed by atoms with Gasteiger partial charge in [0.1, 0.15) is 5.75 Å². The van der Waals surface area contributed by atoms with Gasteiger partial charge in [0.15, 0.2) is 6.29 Å². The largest absolute Gasteiger partial charge is 0.497 e. The molecule has 2 heterocycles. The van der Waals surface area contributed by atoms with Crippen molar-refractivity contribution in [2.45, 2.75) is 77.1 Å². The average molecular weight is 391 g/mol. The lowest BCUT2D eigenvalue weighted by atomic mass is 9.93. The van der Waals surface area contributed by atoms with Crippen molar-refractivity contribution in [3.63, 3.8) is 0 Å². The zero-order chi connectivity index (χ0) is 19.6. The quantitative estimate of drug-likeness (QED) is 0.466. The molecule has 0 radical (unpaired) electrons. The van der Waals surface area contributed by atoms with E-state index in [1.165, 1.54) is 50.5 Å². The molecule has 0 saturated carbocycles. The van der Waals surface area contributed by atoms with Crippen molar-refractivity contribution < 1.29 is 18.9 Å². The lowest BCUT2D eigenvalue weighted by Crippen LogP contribution is -2.40. The van der Waals surface area contributed by atoms with Crippen molar-refractivity contribution in [1.29, 1.82) is 0 Å². The minimum Gasteiger partial charge on any atom is -0.497 e. The molecule has 0 bridgehead atoms. The number of unbranched alkanes of at least 4 members (excludes halogenated alkanes) is 5. The van der Waals surface area contributed by atoms with Gasteiger partial charge in [-0.1, -0.05) is 57.6 Å². The number of hydrogen-bond donors (Lipinski definition) is 0. The molecule has 3 rings (SSSR count). The summed E-state index contributed by atoms with van der Waals surface area (Å²) < 4.78 is 23.5. The maximum atomic E-state index is 6.14. The number of benzene rings is 1. The van der Waals surface area contributed by atoms with Crippen LogP contribution in [0.15, 0.2) is 24.3 Å². The predicted molar refractivity (Wildman–Crippen MR) is 112 cm³/mol. The van der Waals surface area contributed by atoms with E-state index in [-0.39, 0.29) is 12.4 Å². The second kappa shape index (κ2) is 11.8. The molecular weight excluding hydrogens is 352 g/mol. The number of hydrogen-bond acceptors (Lipinski definition) is 4. The number of rotatable bonds is 10. The summed E-state index contributed by atoms with van der Waals surface area (Å²) >= 11 is 0. The van der Waals surface area contributed by atoms with Gasteiger partial charge in [0, 0.05) is 11.8 Å². The van der Waals surface area contributed by atoms with E-state index in [0.29, 0.717) is 18.4 Å². The Morgan fingerprint density at radius 2 is 1.57 bits per heavy atom. The zero-order valence-corrected chi connectivity index (χ0v) is 17.7. The molecule has 28 heavy (non-hydrogen) atoms. The summed E-state index contributed by atoms with van der Waals surface area (Å²) in [5.41, 5.74) is 1.23. The van der Waals surface area contributed by atoms with Gasteiger partial charge in [-0.25, -0.2) is 0 Å². The Balaban J connectivity index is 1.31. The number of ether oxygens (including phenoxy) is 4. The van der Waals surface area contributed by atoms with E-state index in [1.807, 2.05) is 12.1 Å². The van der Waals surface area contributed by atoms with E-state index in [4.69, 9.17) is 18.9 Å². The highest BCUT2D eigenvalue weighted by molar-refractivity contribution is 5.28. The SMILES string of the molecule is CCCCCCCCC1COC(C2CCC(c3ccc(OC)cc3)OC2)OC1.